The van der Waals surface area contributed by atoms with E-state index in [0.29, 0.717) is 12.4 Å². The third-order valence-electron chi connectivity index (χ3n) is 2.29. The molecule has 5 nitrogen and oxygen atoms in total. The van der Waals surface area contributed by atoms with Crippen molar-refractivity contribution in [2.75, 3.05) is 25.6 Å². The molecule has 0 saturated heterocycles. The Labute approximate surface area is 108 Å². The summed E-state index contributed by atoms with van der Waals surface area (Å²) in [5.74, 6) is 0.265. The zero-order valence-corrected chi connectivity index (χ0v) is 12.3. The van der Waals surface area contributed by atoms with E-state index in [1.54, 1.807) is 10.9 Å². The highest BCUT2D eigenvalue weighted by Gasteiger charge is 2.12. The average Bonchev–Trinajstić information content (AvgIpc) is 2.61. The van der Waals surface area contributed by atoms with Gasteiger partial charge in [-0.05, 0) is 6.04 Å². The molecule has 0 aliphatic rings. The van der Waals surface area contributed by atoms with Crippen LogP contribution in [-0.2, 0) is 11.5 Å². The lowest BCUT2D eigenvalue weighted by Gasteiger charge is -2.15. The van der Waals surface area contributed by atoms with Crippen molar-refractivity contribution in [1.29, 1.82) is 0 Å². The Bertz CT molecular complexity index is 366. The summed E-state index contributed by atoms with van der Waals surface area (Å²) >= 11 is 0. The summed E-state index contributed by atoms with van der Waals surface area (Å²) in [5, 5.41) is 4.07. The number of aromatic nitrogens is 2. The molecule has 0 aliphatic carbocycles. The molecule has 7 heteroatoms. The van der Waals surface area contributed by atoms with E-state index in [1.807, 2.05) is 0 Å². The normalized spacial score (nSPS) is 11.8. The van der Waals surface area contributed by atoms with Gasteiger partial charge in [-0.15, -0.1) is 5.10 Å². The van der Waals surface area contributed by atoms with Crippen molar-refractivity contribution in [1.82, 2.24) is 9.78 Å². The molecular weight excluding hydrogens is 253 g/mol. The molecule has 0 spiro atoms. The van der Waals surface area contributed by atoms with Crippen molar-refractivity contribution < 1.29 is 13.9 Å². The fourth-order valence-electron chi connectivity index (χ4n) is 1.27. The minimum Gasteiger partial charge on any atom is -0.472 e. The van der Waals surface area contributed by atoms with E-state index < -0.39 is 14.7 Å². The number of hydrogen-bond acceptors (Lipinski definition) is 4. The predicted molar refractivity (Wildman–Crippen MR) is 72.2 cm³/mol. The molecule has 2 N–H and O–H groups in total. The number of nitrogens with two attached hydrogens (primary N) is 1. The topological polar surface area (TPSA) is 62.3 Å². The molecule has 0 atom stereocenters. The van der Waals surface area contributed by atoms with Gasteiger partial charge in [0, 0.05) is 14.7 Å². The van der Waals surface area contributed by atoms with Crippen molar-refractivity contribution in [2.45, 2.75) is 32.4 Å². The maximum atomic E-state index is 12.0. The Morgan fingerprint density at radius 2 is 2.11 bits per heavy atom. The van der Waals surface area contributed by atoms with Crippen LogP contribution in [-0.4, -0.2) is 37.7 Å². The quantitative estimate of drug-likeness (QED) is 0.583. The maximum absolute atomic E-state index is 12.0. The van der Waals surface area contributed by atoms with Gasteiger partial charge in [0.15, 0.2) is 0 Å². The smallest absolute Gasteiger partial charge is 0.256 e. The van der Waals surface area contributed by atoms with Crippen LogP contribution in [0, 0.1) is 0 Å². The molecule has 0 amide bonds. The Morgan fingerprint density at radius 1 is 1.39 bits per heavy atom. The SMILES string of the molecule is C[Si](C)(C)CCOCn1cc(N)c(OCCF)n1. The van der Waals surface area contributed by atoms with E-state index in [2.05, 4.69) is 24.7 Å². The molecule has 0 bridgehead atoms. The molecule has 0 aromatic carbocycles. The summed E-state index contributed by atoms with van der Waals surface area (Å²) in [6.45, 7) is 7.36. The van der Waals surface area contributed by atoms with Gasteiger partial charge in [0.2, 0.25) is 0 Å². The van der Waals surface area contributed by atoms with Crippen LogP contribution in [0.3, 0.4) is 0 Å². The molecule has 0 aliphatic heterocycles. The molecule has 1 heterocycles. The van der Waals surface area contributed by atoms with E-state index in [1.165, 1.54) is 0 Å². The number of anilines is 1. The number of nitrogen functional groups attached to an aromatic ring is 1. The molecule has 104 valence electrons. The minimum absolute atomic E-state index is 0.0301. The van der Waals surface area contributed by atoms with E-state index >= 15 is 0 Å². The molecule has 0 saturated carbocycles. The number of alkyl halides is 1. The number of halogens is 1. The van der Waals surface area contributed by atoms with Crippen LogP contribution >= 0.6 is 0 Å². The summed E-state index contributed by atoms with van der Waals surface area (Å²) < 4.78 is 24.1. The predicted octanol–water partition coefficient (Wildman–Crippen LogP) is 2.13. The van der Waals surface area contributed by atoms with Gasteiger partial charge < -0.3 is 15.2 Å². The Hall–Kier alpha value is -1.08. The van der Waals surface area contributed by atoms with Gasteiger partial charge in [-0.1, -0.05) is 19.6 Å². The zero-order chi connectivity index (χ0) is 13.6. The molecular formula is C11H22FN3O2Si. The maximum Gasteiger partial charge on any atom is 0.256 e. The summed E-state index contributed by atoms with van der Waals surface area (Å²) in [5.41, 5.74) is 6.08. The van der Waals surface area contributed by atoms with Gasteiger partial charge >= 0.3 is 0 Å². The lowest BCUT2D eigenvalue weighted by Crippen LogP contribution is -2.22. The number of hydrogen-bond donors (Lipinski definition) is 1. The molecule has 0 unspecified atom stereocenters. The molecule has 0 radical (unpaired) electrons. The van der Waals surface area contributed by atoms with E-state index in [0.717, 1.165) is 12.7 Å². The first-order valence-corrected chi connectivity index (χ1v) is 9.72. The van der Waals surface area contributed by atoms with Crippen LogP contribution in [0.4, 0.5) is 10.1 Å². The monoisotopic (exact) mass is 275 g/mol. The van der Waals surface area contributed by atoms with Crippen molar-refractivity contribution >= 4 is 13.8 Å². The second-order valence-corrected chi connectivity index (χ2v) is 10.9. The van der Waals surface area contributed by atoms with E-state index in [4.69, 9.17) is 15.2 Å². The van der Waals surface area contributed by atoms with Crippen LogP contribution in [0.15, 0.2) is 6.20 Å². The highest BCUT2D eigenvalue weighted by Crippen LogP contribution is 2.18. The van der Waals surface area contributed by atoms with Crippen LogP contribution in [0.25, 0.3) is 0 Å². The van der Waals surface area contributed by atoms with Gasteiger partial charge in [-0.2, -0.15) is 0 Å². The minimum atomic E-state index is -1.06. The molecule has 0 fully saturated rings. The average molecular weight is 275 g/mol. The number of nitrogens with zero attached hydrogens (tertiary/aromatic N) is 2. The Balaban J connectivity index is 2.34. The van der Waals surface area contributed by atoms with Gasteiger partial charge in [0.25, 0.3) is 5.88 Å². The summed E-state index contributed by atoms with van der Waals surface area (Å²) in [6.07, 6.45) is 1.63. The Morgan fingerprint density at radius 3 is 2.72 bits per heavy atom. The van der Waals surface area contributed by atoms with Crippen molar-refractivity contribution in [2.24, 2.45) is 0 Å². The standard InChI is InChI=1S/C11H22FN3O2Si/c1-18(2,3)7-6-16-9-15-8-10(13)11(14-15)17-5-4-12/h8H,4-7,9,13H2,1-3H3. The van der Waals surface area contributed by atoms with E-state index in [9.17, 15) is 4.39 Å². The fraction of sp³-hybridized carbons (Fsp3) is 0.727. The van der Waals surface area contributed by atoms with Crippen LogP contribution in [0.5, 0.6) is 5.88 Å². The summed E-state index contributed by atoms with van der Waals surface area (Å²) in [4.78, 5) is 0. The lowest BCUT2D eigenvalue weighted by molar-refractivity contribution is 0.0773. The molecule has 1 rings (SSSR count). The fourth-order valence-corrected chi connectivity index (χ4v) is 2.03. The molecule has 1 aromatic heterocycles. The van der Waals surface area contributed by atoms with Crippen LogP contribution in [0.1, 0.15) is 0 Å². The first kappa shape index (κ1) is 15.0. The van der Waals surface area contributed by atoms with Crippen LogP contribution in [0.2, 0.25) is 25.7 Å². The first-order chi connectivity index (χ1) is 8.42. The third-order valence-corrected chi connectivity index (χ3v) is 3.99. The van der Waals surface area contributed by atoms with E-state index in [-0.39, 0.29) is 12.5 Å². The summed E-state index contributed by atoms with van der Waals surface area (Å²) in [7, 11) is -1.06. The number of rotatable bonds is 8. The zero-order valence-electron chi connectivity index (χ0n) is 11.3. The second-order valence-electron chi connectivity index (χ2n) is 5.31. The molecule has 18 heavy (non-hydrogen) atoms. The highest BCUT2D eigenvalue weighted by atomic mass is 28.3. The van der Waals surface area contributed by atoms with Gasteiger partial charge in [-0.3, -0.25) is 0 Å². The largest absolute Gasteiger partial charge is 0.472 e. The van der Waals surface area contributed by atoms with Gasteiger partial charge in [0.05, 0.1) is 6.20 Å². The lowest BCUT2D eigenvalue weighted by atomic mass is 10.6. The second kappa shape index (κ2) is 6.74. The van der Waals surface area contributed by atoms with Gasteiger partial charge in [0.1, 0.15) is 25.7 Å². The summed E-state index contributed by atoms with van der Waals surface area (Å²) in [6, 6.07) is 1.11. The van der Waals surface area contributed by atoms with Crippen molar-refractivity contribution in [3.05, 3.63) is 6.20 Å². The van der Waals surface area contributed by atoms with Crippen molar-refractivity contribution in [3.63, 3.8) is 0 Å². The highest BCUT2D eigenvalue weighted by molar-refractivity contribution is 6.76. The Kier molecular flexibility index (Phi) is 5.61. The van der Waals surface area contributed by atoms with Crippen molar-refractivity contribution in [3.8, 4) is 5.88 Å². The van der Waals surface area contributed by atoms with Crippen LogP contribution < -0.4 is 10.5 Å². The van der Waals surface area contributed by atoms with Gasteiger partial charge in [-0.25, -0.2) is 9.07 Å². The third kappa shape index (κ3) is 5.50. The molecule has 1 aromatic rings. The number of ether oxygens (including phenoxy) is 2. The first-order valence-electron chi connectivity index (χ1n) is 6.02.